The SMILES string of the molecule is CCOC(=O)c1ccc(O)cc1.[K+]. The van der Waals surface area contributed by atoms with Gasteiger partial charge in [-0.25, -0.2) is 4.79 Å². The van der Waals surface area contributed by atoms with Crippen molar-refractivity contribution in [2.24, 2.45) is 0 Å². The van der Waals surface area contributed by atoms with Crippen molar-refractivity contribution in [1.82, 2.24) is 0 Å². The number of carbonyl (C=O) groups excluding carboxylic acids is 1. The number of phenols is 1. The van der Waals surface area contributed by atoms with E-state index >= 15 is 0 Å². The monoisotopic (exact) mass is 205 g/mol. The van der Waals surface area contributed by atoms with E-state index in [0.29, 0.717) is 12.2 Å². The van der Waals surface area contributed by atoms with Crippen LogP contribution in [-0.4, -0.2) is 17.7 Å². The molecule has 0 unspecified atom stereocenters. The molecule has 0 aliphatic rings. The normalized spacial score (nSPS) is 8.69. The van der Waals surface area contributed by atoms with E-state index in [1.165, 1.54) is 24.3 Å². The van der Waals surface area contributed by atoms with Crippen LogP contribution in [0.15, 0.2) is 24.3 Å². The van der Waals surface area contributed by atoms with Crippen LogP contribution in [0.25, 0.3) is 0 Å². The number of ether oxygens (including phenoxy) is 1. The second-order valence-corrected chi connectivity index (χ2v) is 2.27. The zero-order valence-corrected chi connectivity index (χ0v) is 10.9. The van der Waals surface area contributed by atoms with Gasteiger partial charge in [-0.1, -0.05) is 0 Å². The van der Waals surface area contributed by atoms with Gasteiger partial charge in [0.05, 0.1) is 12.2 Å². The first kappa shape index (κ1) is 13.1. The number of rotatable bonds is 2. The first-order chi connectivity index (χ1) is 5.74. The maximum Gasteiger partial charge on any atom is 1.00 e. The minimum Gasteiger partial charge on any atom is -0.508 e. The molecule has 0 saturated carbocycles. The summed E-state index contributed by atoms with van der Waals surface area (Å²) in [6.07, 6.45) is 0. The first-order valence-electron chi connectivity index (χ1n) is 3.70. The van der Waals surface area contributed by atoms with Crippen LogP contribution in [0, 0.1) is 0 Å². The first-order valence-corrected chi connectivity index (χ1v) is 3.70. The van der Waals surface area contributed by atoms with Gasteiger partial charge in [0.25, 0.3) is 0 Å². The fourth-order valence-electron chi connectivity index (χ4n) is 0.812. The molecule has 1 aromatic carbocycles. The fourth-order valence-corrected chi connectivity index (χ4v) is 0.812. The fraction of sp³-hybridized carbons (Fsp3) is 0.222. The van der Waals surface area contributed by atoms with Crippen molar-refractivity contribution in [2.75, 3.05) is 6.61 Å². The van der Waals surface area contributed by atoms with E-state index in [9.17, 15) is 4.79 Å². The van der Waals surface area contributed by atoms with Crippen molar-refractivity contribution >= 4 is 5.97 Å². The Labute approximate surface area is 120 Å². The van der Waals surface area contributed by atoms with Crippen molar-refractivity contribution in [2.45, 2.75) is 6.92 Å². The number of phenolic OH excluding ortho intramolecular Hbond substituents is 1. The molecule has 0 atom stereocenters. The molecule has 1 N–H and O–H groups in total. The molecule has 0 bridgehead atoms. The van der Waals surface area contributed by atoms with Crippen LogP contribution >= 0.6 is 0 Å². The van der Waals surface area contributed by atoms with Crippen molar-refractivity contribution < 1.29 is 66.0 Å². The number of hydrogen-bond donors (Lipinski definition) is 1. The van der Waals surface area contributed by atoms with E-state index in [2.05, 4.69) is 0 Å². The molecule has 0 aliphatic heterocycles. The molecule has 3 nitrogen and oxygen atoms in total. The minimum atomic E-state index is -0.363. The van der Waals surface area contributed by atoms with Crippen LogP contribution in [0.3, 0.4) is 0 Å². The van der Waals surface area contributed by atoms with Gasteiger partial charge in [-0.05, 0) is 31.2 Å². The van der Waals surface area contributed by atoms with Crippen molar-refractivity contribution in [3.8, 4) is 5.75 Å². The Kier molecular flexibility index (Phi) is 6.62. The summed E-state index contributed by atoms with van der Waals surface area (Å²) in [6.45, 7) is 2.11. The molecule has 1 aromatic rings. The van der Waals surface area contributed by atoms with Gasteiger partial charge in [-0.3, -0.25) is 0 Å². The summed E-state index contributed by atoms with van der Waals surface area (Å²) >= 11 is 0. The number of aromatic hydroxyl groups is 1. The van der Waals surface area contributed by atoms with E-state index in [-0.39, 0.29) is 63.1 Å². The summed E-state index contributed by atoms with van der Waals surface area (Å²) in [5.41, 5.74) is 0.453. The van der Waals surface area contributed by atoms with Crippen LogP contribution in [0.1, 0.15) is 17.3 Å². The van der Waals surface area contributed by atoms with Gasteiger partial charge in [0.1, 0.15) is 5.75 Å². The summed E-state index contributed by atoms with van der Waals surface area (Å²) < 4.78 is 4.75. The standard InChI is InChI=1S/C9H10O3.K/c1-2-12-9(11)7-3-5-8(10)6-4-7;/h3-6,10H,2H2,1H3;/q;+1. The molecule has 0 fully saturated rings. The van der Waals surface area contributed by atoms with Crippen molar-refractivity contribution in [3.63, 3.8) is 0 Å². The molecule has 4 heteroatoms. The van der Waals surface area contributed by atoms with Gasteiger partial charge in [0.2, 0.25) is 0 Å². The smallest absolute Gasteiger partial charge is 0.508 e. The van der Waals surface area contributed by atoms with E-state index < -0.39 is 0 Å². The van der Waals surface area contributed by atoms with Gasteiger partial charge in [0.15, 0.2) is 0 Å². The molecular formula is C9H10KO3+. The van der Waals surface area contributed by atoms with Crippen molar-refractivity contribution in [1.29, 1.82) is 0 Å². The molecule has 0 radical (unpaired) electrons. The summed E-state index contributed by atoms with van der Waals surface area (Å²) in [7, 11) is 0. The maximum atomic E-state index is 11.1. The second-order valence-electron chi connectivity index (χ2n) is 2.27. The third-order valence-corrected chi connectivity index (χ3v) is 1.38. The zero-order chi connectivity index (χ0) is 8.97. The third kappa shape index (κ3) is 4.24. The molecular weight excluding hydrogens is 195 g/mol. The zero-order valence-electron chi connectivity index (χ0n) is 7.78. The van der Waals surface area contributed by atoms with E-state index in [1.54, 1.807) is 6.92 Å². The van der Waals surface area contributed by atoms with Crippen LogP contribution in [0.2, 0.25) is 0 Å². The van der Waals surface area contributed by atoms with Crippen LogP contribution in [0.5, 0.6) is 5.75 Å². The van der Waals surface area contributed by atoms with Gasteiger partial charge in [0, 0.05) is 0 Å². The van der Waals surface area contributed by atoms with Crippen LogP contribution in [0.4, 0.5) is 0 Å². The number of benzene rings is 1. The Morgan fingerprint density at radius 1 is 1.38 bits per heavy atom. The summed E-state index contributed by atoms with van der Waals surface area (Å²) in [5.74, 6) is -0.222. The molecule has 1 rings (SSSR count). The molecule has 0 saturated heterocycles. The Morgan fingerprint density at radius 3 is 2.38 bits per heavy atom. The average Bonchev–Trinajstić information content (AvgIpc) is 2.06. The molecule has 0 amide bonds. The molecule has 0 heterocycles. The Bertz CT molecular complexity index is 269. The van der Waals surface area contributed by atoms with E-state index in [1.807, 2.05) is 0 Å². The maximum absolute atomic E-state index is 11.1. The van der Waals surface area contributed by atoms with Crippen LogP contribution in [-0.2, 0) is 4.74 Å². The molecule has 0 spiro atoms. The van der Waals surface area contributed by atoms with Gasteiger partial charge in [-0.15, -0.1) is 0 Å². The molecule has 0 aromatic heterocycles. The minimum absolute atomic E-state index is 0. The van der Waals surface area contributed by atoms with Crippen molar-refractivity contribution in [3.05, 3.63) is 29.8 Å². The van der Waals surface area contributed by atoms with Gasteiger partial charge < -0.3 is 9.84 Å². The largest absolute Gasteiger partial charge is 1.00 e. The predicted octanol–water partition coefficient (Wildman–Crippen LogP) is -1.43. The van der Waals surface area contributed by atoms with Gasteiger partial charge in [-0.2, -0.15) is 0 Å². The Morgan fingerprint density at radius 2 is 1.92 bits per heavy atom. The number of carbonyl (C=O) groups is 1. The average molecular weight is 205 g/mol. The summed E-state index contributed by atoms with van der Waals surface area (Å²) in [4.78, 5) is 11.1. The number of hydrogen-bond acceptors (Lipinski definition) is 3. The van der Waals surface area contributed by atoms with E-state index in [0.717, 1.165) is 0 Å². The quantitative estimate of drug-likeness (QED) is 0.476. The molecule has 13 heavy (non-hydrogen) atoms. The number of esters is 1. The second kappa shape index (κ2) is 6.56. The Balaban J connectivity index is 0.00000144. The Hall–Kier alpha value is 0.126. The molecule has 0 aliphatic carbocycles. The topological polar surface area (TPSA) is 46.5 Å². The summed E-state index contributed by atoms with van der Waals surface area (Å²) in [5, 5.41) is 8.92. The summed E-state index contributed by atoms with van der Waals surface area (Å²) in [6, 6.07) is 5.94. The molecule has 64 valence electrons. The third-order valence-electron chi connectivity index (χ3n) is 1.38. The van der Waals surface area contributed by atoms with Gasteiger partial charge >= 0.3 is 57.4 Å². The predicted molar refractivity (Wildman–Crippen MR) is 44.1 cm³/mol. The van der Waals surface area contributed by atoms with Crippen LogP contribution < -0.4 is 51.4 Å². The van der Waals surface area contributed by atoms with E-state index in [4.69, 9.17) is 9.84 Å².